The van der Waals surface area contributed by atoms with Crippen LogP contribution in [0, 0.1) is 22.7 Å². The van der Waals surface area contributed by atoms with Gasteiger partial charge in [-0.05, 0) is 24.0 Å². The molecule has 0 fully saturated rings. The topological polar surface area (TPSA) is 86.0 Å². The van der Waals surface area contributed by atoms with Gasteiger partial charge in [-0.15, -0.1) is 0 Å². The van der Waals surface area contributed by atoms with Gasteiger partial charge in [0.2, 0.25) is 0 Å². The molecule has 0 amide bonds. The summed E-state index contributed by atoms with van der Waals surface area (Å²) >= 11 is 0. The first-order valence-corrected chi connectivity index (χ1v) is 6.14. The molecule has 1 unspecified atom stereocenters. The molecule has 0 aliphatic rings. The number of nitrogens with one attached hydrogen (secondary N) is 1. The first kappa shape index (κ1) is 15.0. The lowest BCUT2D eigenvalue weighted by Crippen LogP contribution is -2.27. The maximum absolute atomic E-state index is 11.2. The predicted octanol–water partition coefficient (Wildman–Crippen LogP) is 2.50. The van der Waals surface area contributed by atoms with Crippen molar-refractivity contribution < 1.29 is 9.90 Å². The van der Waals surface area contributed by atoms with Crippen LogP contribution in [0.25, 0.3) is 0 Å². The number of nitriles is 1. The average molecular weight is 261 g/mol. The average Bonchev–Trinajstić information content (AvgIpc) is 2.33. The summed E-state index contributed by atoms with van der Waals surface area (Å²) in [5.74, 6) is -1.27. The van der Waals surface area contributed by atoms with Crippen molar-refractivity contribution >= 4 is 11.7 Å². The molecule has 102 valence electrons. The molecule has 1 rings (SSSR count). The largest absolute Gasteiger partial charge is 0.481 e. The van der Waals surface area contributed by atoms with Gasteiger partial charge >= 0.3 is 5.97 Å². The van der Waals surface area contributed by atoms with E-state index < -0.39 is 11.9 Å². The molecular formula is C14H19N3O2. The number of nitrogens with zero attached hydrogens (tertiary/aromatic N) is 2. The third-order valence-corrected chi connectivity index (χ3v) is 2.64. The Morgan fingerprint density at radius 3 is 2.79 bits per heavy atom. The molecular weight excluding hydrogens is 242 g/mol. The summed E-state index contributed by atoms with van der Waals surface area (Å²) in [6.45, 7) is 6.39. The van der Waals surface area contributed by atoms with Crippen LogP contribution in [0.2, 0.25) is 0 Å². The van der Waals surface area contributed by atoms with Crippen LogP contribution in [-0.4, -0.2) is 22.6 Å². The fraction of sp³-hybridized carbons (Fsp3) is 0.500. The Hall–Kier alpha value is -2.09. The molecule has 0 saturated carbocycles. The van der Waals surface area contributed by atoms with Crippen LogP contribution in [0.15, 0.2) is 18.3 Å². The van der Waals surface area contributed by atoms with Crippen LogP contribution in [0.5, 0.6) is 0 Å². The lowest BCUT2D eigenvalue weighted by Gasteiger charge is -2.23. The van der Waals surface area contributed by atoms with Crippen molar-refractivity contribution in [3.05, 3.63) is 24.0 Å². The molecule has 0 aliphatic heterocycles. The molecule has 0 bridgehead atoms. The first-order valence-electron chi connectivity index (χ1n) is 6.14. The van der Waals surface area contributed by atoms with Gasteiger partial charge in [-0.1, -0.05) is 20.8 Å². The number of anilines is 1. The Morgan fingerprint density at radius 1 is 1.58 bits per heavy atom. The van der Waals surface area contributed by atoms with Crippen molar-refractivity contribution in [2.75, 3.05) is 11.9 Å². The fourth-order valence-corrected chi connectivity index (χ4v) is 1.83. The number of carboxylic acid groups (broad SMARTS) is 1. The zero-order chi connectivity index (χ0) is 14.5. The Labute approximate surface area is 113 Å². The van der Waals surface area contributed by atoms with E-state index in [0.717, 1.165) is 0 Å². The highest BCUT2D eigenvalue weighted by atomic mass is 16.4. The highest BCUT2D eigenvalue weighted by Gasteiger charge is 2.24. The van der Waals surface area contributed by atoms with Crippen molar-refractivity contribution in [3.8, 4) is 6.07 Å². The molecule has 0 spiro atoms. The number of aromatic nitrogens is 1. The van der Waals surface area contributed by atoms with Crippen LogP contribution in [-0.2, 0) is 4.79 Å². The second kappa shape index (κ2) is 6.19. The first-order chi connectivity index (χ1) is 8.81. The van der Waals surface area contributed by atoms with Crippen LogP contribution >= 0.6 is 0 Å². The second-order valence-electron chi connectivity index (χ2n) is 5.72. The third-order valence-electron chi connectivity index (χ3n) is 2.64. The van der Waals surface area contributed by atoms with Gasteiger partial charge < -0.3 is 10.4 Å². The molecule has 0 radical (unpaired) electrons. The number of rotatable bonds is 5. The normalized spacial score (nSPS) is 12.5. The maximum Gasteiger partial charge on any atom is 0.308 e. The van der Waals surface area contributed by atoms with Crippen LogP contribution < -0.4 is 5.32 Å². The highest BCUT2D eigenvalue weighted by Crippen LogP contribution is 2.25. The van der Waals surface area contributed by atoms with E-state index in [1.54, 1.807) is 12.1 Å². The lowest BCUT2D eigenvalue weighted by atomic mass is 9.84. The highest BCUT2D eigenvalue weighted by molar-refractivity contribution is 5.71. The maximum atomic E-state index is 11.2. The summed E-state index contributed by atoms with van der Waals surface area (Å²) in [5.41, 5.74) is 0.986. The van der Waals surface area contributed by atoms with Gasteiger partial charge in [0.25, 0.3) is 0 Å². The molecule has 2 N–H and O–H groups in total. The Morgan fingerprint density at radius 2 is 2.26 bits per heavy atom. The molecule has 19 heavy (non-hydrogen) atoms. The molecule has 0 aliphatic carbocycles. The van der Waals surface area contributed by atoms with E-state index in [0.29, 0.717) is 24.3 Å². The number of pyridine rings is 1. The molecule has 0 saturated heterocycles. The minimum absolute atomic E-state index is 0.0409. The molecule has 5 nitrogen and oxygen atoms in total. The summed E-state index contributed by atoms with van der Waals surface area (Å²) in [6.07, 6.45) is 2.12. The minimum Gasteiger partial charge on any atom is -0.481 e. The van der Waals surface area contributed by atoms with E-state index in [2.05, 4.69) is 10.3 Å². The standard InChI is InChI=1S/C14H19N3O2/c1-14(2,3)7-10(13(18)19)9-17-11-4-5-16-12(6-11)8-15/h4-6,10H,7,9H2,1-3H3,(H,16,17)(H,18,19). The van der Waals surface area contributed by atoms with Gasteiger partial charge in [-0.2, -0.15) is 5.26 Å². The number of aliphatic carboxylic acids is 1. The third kappa shape index (κ3) is 5.38. The summed E-state index contributed by atoms with van der Waals surface area (Å²) in [6, 6.07) is 5.27. The summed E-state index contributed by atoms with van der Waals surface area (Å²) in [7, 11) is 0. The number of carboxylic acids is 1. The van der Waals surface area contributed by atoms with Crippen molar-refractivity contribution in [2.24, 2.45) is 11.3 Å². The van der Waals surface area contributed by atoms with Gasteiger partial charge in [0, 0.05) is 18.4 Å². The molecule has 1 aromatic heterocycles. The summed E-state index contributed by atoms with van der Waals surface area (Å²) in [5, 5.41) is 21.0. The molecule has 5 heteroatoms. The minimum atomic E-state index is -0.808. The van der Waals surface area contributed by atoms with E-state index in [1.807, 2.05) is 26.8 Å². The van der Waals surface area contributed by atoms with Gasteiger partial charge in [0.1, 0.15) is 11.8 Å². The van der Waals surface area contributed by atoms with Crippen molar-refractivity contribution in [2.45, 2.75) is 27.2 Å². The van der Waals surface area contributed by atoms with Crippen LogP contribution in [0.3, 0.4) is 0 Å². The molecule has 1 aromatic rings. The SMILES string of the molecule is CC(C)(C)CC(CNc1ccnc(C#N)c1)C(=O)O. The summed E-state index contributed by atoms with van der Waals surface area (Å²) in [4.78, 5) is 15.1. The fourth-order valence-electron chi connectivity index (χ4n) is 1.83. The summed E-state index contributed by atoms with van der Waals surface area (Å²) < 4.78 is 0. The van der Waals surface area contributed by atoms with Crippen molar-refractivity contribution in [1.82, 2.24) is 4.98 Å². The quantitative estimate of drug-likeness (QED) is 0.850. The van der Waals surface area contributed by atoms with Gasteiger partial charge in [0.05, 0.1) is 5.92 Å². The van der Waals surface area contributed by atoms with Crippen molar-refractivity contribution in [3.63, 3.8) is 0 Å². The zero-order valence-corrected chi connectivity index (χ0v) is 11.5. The van der Waals surface area contributed by atoms with Crippen molar-refractivity contribution in [1.29, 1.82) is 5.26 Å². The van der Waals surface area contributed by atoms with E-state index in [9.17, 15) is 9.90 Å². The Balaban J connectivity index is 2.66. The number of hydrogen-bond donors (Lipinski definition) is 2. The lowest BCUT2D eigenvalue weighted by molar-refractivity contribution is -0.142. The smallest absolute Gasteiger partial charge is 0.308 e. The molecule has 1 heterocycles. The van der Waals surface area contributed by atoms with E-state index in [1.165, 1.54) is 6.20 Å². The Kier molecular flexibility index (Phi) is 4.87. The molecule has 1 atom stereocenters. The monoisotopic (exact) mass is 261 g/mol. The van der Waals surface area contributed by atoms with Gasteiger partial charge in [0.15, 0.2) is 0 Å². The number of carbonyl (C=O) groups is 1. The van der Waals surface area contributed by atoms with E-state index in [4.69, 9.17) is 5.26 Å². The Bertz CT molecular complexity index is 486. The van der Waals surface area contributed by atoms with Crippen LogP contribution in [0.4, 0.5) is 5.69 Å². The molecule has 0 aromatic carbocycles. The van der Waals surface area contributed by atoms with E-state index in [-0.39, 0.29) is 5.41 Å². The zero-order valence-electron chi connectivity index (χ0n) is 11.5. The van der Waals surface area contributed by atoms with Gasteiger partial charge in [-0.25, -0.2) is 4.98 Å². The number of hydrogen-bond acceptors (Lipinski definition) is 4. The van der Waals surface area contributed by atoms with Crippen LogP contribution in [0.1, 0.15) is 32.9 Å². The second-order valence-corrected chi connectivity index (χ2v) is 5.72. The van der Waals surface area contributed by atoms with Gasteiger partial charge in [-0.3, -0.25) is 4.79 Å². The predicted molar refractivity (Wildman–Crippen MR) is 72.6 cm³/mol. The van der Waals surface area contributed by atoms with E-state index >= 15 is 0 Å².